The second kappa shape index (κ2) is 15.9. The van der Waals surface area contributed by atoms with Crippen LogP contribution in [0.1, 0.15) is 57.7 Å². The van der Waals surface area contributed by atoms with Gasteiger partial charge in [0, 0.05) is 57.8 Å². The third-order valence-corrected chi connectivity index (χ3v) is 10.8. The summed E-state index contributed by atoms with van der Waals surface area (Å²) in [6.07, 6.45) is 2.69. The first kappa shape index (κ1) is 35.8. The van der Waals surface area contributed by atoms with Gasteiger partial charge in [-0.2, -0.15) is 0 Å². The molecule has 1 aromatic heterocycles. The summed E-state index contributed by atoms with van der Waals surface area (Å²) in [7, 11) is 0. The van der Waals surface area contributed by atoms with Crippen LogP contribution in [0.2, 0.25) is 0 Å². The van der Waals surface area contributed by atoms with Gasteiger partial charge in [-0.1, -0.05) is 45.0 Å². The molecule has 0 bridgehead atoms. The number of amides is 3. The van der Waals surface area contributed by atoms with Crippen LogP contribution < -0.4 is 25.6 Å². The van der Waals surface area contributed by atoms with E-state index >= 15 is 0 Å². The summed E-state index contributed by atoms with van der Waals surface area (Å²) in [5, 5.41) is 9.33. The van der Waals surface area contributed by atoms with Crippen LogP contribution >= 0.6 is 11.3 Å². The number of rotatable bonds is 12. The highest BCUT2D eigenvalue weighted by Gasteiger charge is 2.42. The number of benzene rings is 2. The number of carbonyl (C=O) groups is 3. The predicted molar refractivity (Wildman–Crippen MR) is 195 cm³/mol. The monoisotopic (exact) mass is 702 g/mol. The maximum atomic E-state index is 13.9. The van der Waals surface area contributed by atoms with Gasteiger partial charge in [0.1, 0.15) is 30.5 Å². The van der Waals surface area contributed by atoms with E-state index in [1.54, 1.807) is 16.2 Å². The van der Waals surface area contributed by atoms with Crippen molar-refractivity contribution in [2.45, 2.75) is 84.2 Å². The highest BCUT2D eigenvalue weighted by Crippen LogP contribution is 2.31. The topological polar surface area (TPSA) is 125 Å². The fraction of sp³-hybridized carbons (Fsp3) is 0.526. The lowest BCUT2D eigenvalue weighted by Crippen LogP contribution is -2.58. The minimum absolute atomic E-state index is 0.0441. The van der Waals surface area contributed by atoms with Gasteiger partial charge in [-0.25, -0.2) is 4.98 Å². The predicted octanol–water partition coefficient (Wildman–Crippen LogP) is 4.29. The zero-order valence-electron chi connectivity index (χ0n) is 29.6. The van der Waals surface area contributed by atoms with E-state index in [-0.39, 0.29) is 36.5 Å². The molecule has 1 saturated carbocycles. The molecule has 3 amide bonds. The normalized spacial score (nSPS) is 21.3. The molecule has 6 rings (SSSR count). The molecule has 2 aromatic carbocycles. The summed E-state index contributed by atoms with van der Waals surface area (Å²) in [6.45, 7) is 12.5. The summed E-state index contributed by atoms with van der Waals surface area (Å²) < 4.78 is 12.0. The lowest BCUT2D eigenvalue weighted by molar-refractivity contribution is -0.145. The highest BCUT2D eigenvalue weighted by molar-refractivity contribution is 7.13. The first-order valence-electron chi connectivity index (χ1n) is 17.8. The van der Waals surface area contributed by atoms with Gasteiger partial charge in [0.15, 0.2) is 0 Å². The zero-order valence-corrected chi connectivity index (χ0v) is 30.4. The number of anilines is 1. The molecule has 3 fully saturated rings. The average molecular weight is 703 g/mol. The molecule has 3 N–H and O–H groups in total. The second-order valence-corrected chi connectivity index (χ2v) is 15.5. The fourth-order valence-electron chi connectivity index (χ4n) is 6.77. The highest BCUT2D eigenvalue weighted by atomic mass is 32.1. The SMILES string of the molecule is Cc1ncsc1-c1ccc(CNC(=O)[C@@H]2CCCN2C(=O)[C@@H](NC(=O)CO[C@H]2C[C@H](Oc3ccc(N4CCNCC4)cc3)C2)C(C)(C)C)cc1. The number of aromatic nitrogens is 1. The molecular formula is C38H50N6O5S. The van der Waals surface area contributed by atoms with Gasteiger partial charge in [-0.15, -0.1) is 11.3 Å². The number of piperazine rings is 1. The molecular weight excluding hydrogens is 653 g/mol. The van der Waals surface area contributed by atoms with E-state index in [2.05, 4.69) is 38.0 Å². The van der Waals surface area contributed by atoms with E-state index in [1.165, 1.54) is 5.69 Å². The lowest BCUT2D eigenvalue weighted by atomic mass is 9.85. The lowest BCUT2D eigenvalue weighted by Gasteiger charge is -2.36. The maximum Gasteiger partial charge on any atom is 0.246 e. The average Bonchev–Trinajstić information content (AvgIpc) is 3.77. The van der Waals surface area contributed by atoms with E-state index in [0.29, 0.717) is 32.4 Å². The molecule has 0 spiro atoms. The van der Waals surface area contributed by atoms with Crippen LogP contribution in [-0.2, 0) is 25.7 Å². The van der Waals surface area contributed by atoms with Crippen molar-refractivity contribution < 1.29 is 23.9 Å². The van der Waals surface area contributed by atoms with Gasteiger partial charge in [0.2, 0.25) is 17.7 Å². The Balaban J connectivity index is 0.945. The van der Waals surface area contributed by atoms with Gasteiger partial charge in [-0.3, -0.25) is 14.4 Å². The van der Waals surface area contributed by atoms with Crippen LogP contribution in [0, 0.1) is 12.3 Å². The number of thiazole rings is 1. The summed E-state index contributed by atoms with van der Waals surface area (Å²) >= 11 is 1.61. The van der Waals surface area contributed by atoms with Crippen LogP contribution in [0.4, 0.5) is 5.69 Å². The summed E-state index contributed by atoms with van der Waals surface area (Å²) in [4.78, 5) is 49.7. The van der Waals surface area contributed by atoms with Crippen molar-refractivity contribution >= 4 is 34.7 Å². The number of nitrogens with one attached hydrogen (secondary N) is 3. The Labute approximate surface area is 299 Å². The van der Waals surface area contributed by atoms with E-state index in [4.69, 9.17) is 9.47 Å². The third kappa shape index (κ3) is 8.83. The Kier molecular flexibility index (Phi) is 11.4. The van der Waals surface area contributed by atoms with Gasteiger partial charge in [0.25, 0.3) is 0 Å². The van der Waals surface area contributed by atoms with Crippen LogP contribution in [0.25, 0.3) is 10.4 Å². The largest absolute Gasteiger partial charge is 0.490 e. The fourth-order valence-corrected chi connectivity index (χ4v) is 7.59. The standard InChI is InChI=1S/C38H50N6O5S/c1-25-34(50-24-41-25)27-9-7-26(8-10-27)22-40-36(46)32-6-5-17-44(32)37(47)35(38(2,3)4)42-33(45)23-48-30-20-31(21-30)49-29-13-11-28(12-14-29)43-18-15-39-16-19-43/h7-14,24,30-32,35,39H,5-6,15-23H2,1-4H3,(H,40,46)(H,42,45)/t30-,31-,32-,35+/m0/s1. The van der Waals surface area contributed by atoms with Crippen molar-refractivity contribution in [3.63, 3.8) is 0 Å². The van der Waals surface area contributed by atoms with Gasteiger partial charge in [0.05, 0.1) is 22.2 Å². The van der Waals surface area contributed by atoms with E-state index in [0.717, 1.165) is 60.0 Å². The second-order valence-electron chi connectivity index (χ2n) is 14.6. The molecule has 1 aliphatic carbocycles. The molecule has 0 radical (unpaired) electrons. The molecule has 50 heavy (non-hydrogen) atoms. The quantitative estimate of drug-likeness (QED) is 0.256. The molecule has 3 aromatic rings. The van der Waals surface area contributed by atoms with Crippen molar-refractivity contribution in [3.05, 3.63) is 65.3 Å². The molecule has 268 valence electrons. The Hall–Kier alpha value is -4.00. The minimum atomic E-state index is -0.795. The van der Waals surface area contributed by atoms with Crippen molar-refractivity contribution in [3.8, 4) is 16.2 Å². The maximum absolute atomic E-state index is 13.9. The number of hydrogen-bond acceptors (Lipinski definition) is 9. The molecule has 11 nitrogen and oxygen atoms in total. The van der Waals surface area contributed by atoms with E-state index < -0.39 is 17.5 Å². The van der Waals surface area contributed by atoms with Gasteiger partial charge in [-0.05, 0) is 60.6 Å². The molecule has 2 atom stereocenters. The summed E-state index contributed by atoms with van der Waals surface area (Å²) in [5.74, 6) is 0.0657. The molecule has 3 aliphatic rings. The first-order valence-corrected chi connectivity index (χ1v) is 18.6. The first-order chi connectivity index (χ1) is 24.0. The Morgan fingerprint density at radius 3 is 2.38 bits per heavy atom. The minimum Gasteiger partial charge on any atom is -0.490 e. The van der Waals surface area contributed by atoms with Crippen molar-refractivity contribution in [2.75, 3.05) is 44.2 Å². The smallest absolute Gasteiger partial charge is 0.246 e. The Morgan fingerprint density at radius 1 is 1.00 bits per heavy atom. The number of likely N-dealkylation sites (tertiary alicyclic amines) is 1. The summed E-state index contributed by atoms with van der Waals surface area (Å²) in [6, 6.07) is 15.0. The number of nitrogens with zero attached hydrogens (tertiary/aromatic N) is 3. The molecule has 0 unspecified atom stereocenters. The van der Waals surface area contributed by atoms with Crippen LogP contribution in [0.15, 0.2) is 54.0 Å². The molecule has 2 aliphatic heterocycles. The molecule has 12 heteroatoms. The number of ether oxygens (including phenoxy) is 2. The Morgan fingerprint density at radius 2 is 1.72 bits per heavy atom. The van der Waals surface area contributed by atoms with Crippen LogP contribution in [-0.4, -0.2) is 91.2 Å². The third-order valence-electron chi connectivity index (χ3n) is 9.81. The van der Waals surface area contributed by atoms with Crippen molar-refractivity contribution in [2.24, 2.45) is 5.41 Å². The van der Waals surface area contributed by atoms with E-state index in [1.807, 2.05) is 69.6 Å². The zero-order chi connectivity index (χ0) is 35.3. The number of carbonyl (C=O) groups excluding carboxylic acids is 3. The van der Waals surface area contributed by atoms with Crippen LogP contribution in [0.3, 0.4) is 0 Å². The van der Waals surface area contributed by atoms with Crippen LogP contribution in [0.5, 0.6) is 5.75 Å². The van der Waals surface area contributed by atoms with Crippen molar-refractivity contribution in [1.29, 1.82) is 0 Å². The van der Waals surface area contributed by atoms with Gasteiger partial charge < -0.3 is 35.2 Å². The molecule has 3 heterocycles. The number of hydrogen-bond donors (Lipinski definition) is 3. The number of aryl methyl sites for hydroxylation is 1. The van der Waals surface area contributed by atoms with E-state index in [9.17, 15) is 14.4 Å². The Bertz CT molecular complexity index is 1610. The van der Waals surface area contributed by atoms with Gasteiger partial charge >= 0.3 is 0 Å². The van der Waals surface area contributed by atoms with Crippen molar-refractivity contribution in [1.82, 2.24) is 25.8 Å². The summed E-state index contributed by atoms with van der Waals surface area (Å²) in [5.41, 5.74) is 5.55. The molecule has 2 saturated heterocycles.